The first kappa shape index (κ1) is 24.9. The molecular formula is C27H37FN4OS. The molecule has 1 aromatic carbocycles. The number of halogens is 1. The van der Waals surface area contributed by atoms with Gasteiger partial charge >= 0.3 is 0 Å². The average molecular weight is 485 g/mol. The second kappa shape index (κ2) is 11.9. The molecule has 34 heavy (non-hydrogen) atoms. The third-order valence-electron chi connectivity index (χ3n) is 7.27. The van der Waals surface area contributed by atoms with Gasteiger partial charge in [-0.15, -0.1) is 11.3 Å². The molecule has 2 aliphatic rings. The van der Waals surface area contributed by atoms with Crippen LogP contribution in [0.4, 0.5) is 9.52 Å². The van der Waals surface area contributed by atoms with Crippen molar-refractivity contribution < 1.29 is 9.18 Å². The van der Waals surface area contributed by atoms with Crippen LogP contribution < -0.4 is 11.1 Å². The maximum Gasteiger partial charge on any atom is 0.244 e. The lowest BCUT2D eigenvalue weighted by Crippen LogP contribution is -2.41. The number of carbonyl (C=O) groups is 1. The number of aryl methyl sites for hydroxylation is 1. The lowest BCUT2D eigenvalue weighted by molar-refractivity contribution is -0.117. The Labute approximate surface area is 206 Å². The minimum Gasteiger partial charge on any atom is -0.375 e. The molecule has 7 heteroatoms. The highest BCUT2D eigenvalue weighted by Gasteiger charge is 2.28. The number of fused-ring (bicyclic) bond motifs is 1. The van der Waals surface area contributed by atoms with Crippen molar-refractivity contribution in [1.82, 2.24) is 15.2 Å². The van der Waals surface area contributed by atoms with Crippen molar-refractivity contribution in [3.05, 3.63) is 52.3 Å². The highest BCUT2D eigenvalue weighted by atomic mass is 32.1. The molecule has 0 unspecified atom stereocenters. The topological polar surface area (TPSA) is 71.2 Å². The Balaban J connectivity index is 1.19. The molecule has 2 aliphatic carbocycles. The number of thiazole rings is 1. The fourth-order valence-corrected chi connectivity index (χ4v) is 6.34. The molecule has 3 N–H and O–H groups in total. The van der Waals surface area contributed by atoms with E-state index in [4.69, 9.17) is 5.73 Å². The molecule has 5 nitrogen and oxygen atoms in total. The van der Waals surface area contributed by atoms with Gasteiger partial charge in [0.15, 0.2) is 5.13 Å². The number of benzene rings is 1. The molecule has 1 saturated carbocycles. The minimum atomic E-state index is -0.269. The number of aromatic nitrogens is 1. The van der Waals surface area contributed by atoms with E-state index in [1.54, 1.807) is 35.6 Å². The van der Waals surface area contributed by atoms with E-state index in [0.29, 0.717) is 11.2 Å². The molecule has 0 saturated heterocycles. The first-order chi connectivity index (χ1) is 16.5. The Morgan fingerprint density at radius 2 is 1.97 bits per heavy atom. The number of anilines is 1. The summed E-state index contributed by atoms with van der Waals surface area (Å²) < 4.78 is 13.0. The summed E-state index contributed by atoms with van der Waals surface area (Å²) in [6.07, 6.45) is 13.5. The maximum atomic E-state index is 13.0. The third kappa shape index (κ3) is 6.89. The van der Waals surface area contributed by atoms with E-state index in [9.17, 15) is 9.18 Å². The smallest absolute Gasteiger partial charge is 0.244 e. The molecule has 1 amide bonds. The summed E-state index contributed by atoms with van der Waals surface area (Å²) in [5.74, 6) is 0.400. The highest BCUT2D eigenvalue weighted by Crippen LogP contribution is 2.32. The SMILES string of the molecule is CCCN(CCC1CCC(NC(=O)/C=C/c2ccc(F)cc2)CC1)[C@H]1CCc2nc(N)sc2C1. The van der Waals surface area contributed by atoms with E-state index in [1.807, 2.05) is 0 Å². The molecular weight excluding hydrogens is 447 g/mol. The minimum absolute atomic E-state index is 0.0673. The molecule has 1 heterocycles. The molecule has 0 aliphatic heterocycles. The summed E-state index contributed by atoms with van der Waals surface area (Å²) in [6.45, 7) is 4.58. The van der Waals surface area contributed by atoms with Gasteiger partial charge in [0.25, 0.3) is 0 Å². The van der Waals surface area contributed by atoms with E-state index in [-0.39, 0.29) is 17.8 Å². The van der Waals surface area contributed by atoms with Crippen molar-refractivity contribution in [3.8, 4) is 0 Å². The van der Waals surface area contributed by atoms with Crippen molar-refractivity contribution in [2.45, 2.75) is 76.8 Å². The van der Waals surface area contributed by atoms with E-state index in [0.717, 1.165) is 50.3 Å². The first-order valence-corrected chi connectivity index (χ1v) is 13.5. The van der Waals surface area contributed by atoms with Gasteiger partial charge in [0, 0.05) is 23.0 Å². The number of nitrogen functional groups attached to an aromatic ring is 1. The number of amides is 1. The van der Waals surface area contributed by atoms with Crippen molar-refractivity contribution in [2.75, 3.05) is 18.8 Å². The summed E-state index contributed by atoms with van der Waals surface area (Å²) in [5.41, 5.74) is 7.98. The maximum absolute atomic E-state index is 13.0. The van der Waals surface area contributed by atoms with Gasteiger partial charge in [-0.3, -0.25) is 4.79 Å². The van der Waals surface area contributed by atoms with Crippen LogP contribution in [0.5, 0.6) is 0 Å². The van der Waals surface area contributed by atoms with Crippen LogP contribution in [-0.4, -0.2) is 41.0 Å². The zero-order valence-electron chi connectivity index (χ0n) is 20.1. The molecule has 2 aromatic rings. The number of hydrogen-bond donors (Lipinski definition) is 2. The van der Waals surface area contributed by atoms with Gasteiger partial charge in [0.2, 0.25) is 5.91 Å². The lowest BCUT2D eigenvalue weighted by atomic mass is 9.83. The van der Waals surface area contributed by atoms with Crippen molar-refractivity contribution in [3.63, 3.8) is 0 Å². The summed E-state index contributed by atoms with van der Waals surface area (Å²) in [6, 6.07) is 7.01. The fraction of sp³-hybridized carbons (Fsp3) is 0.556. The third-order valence-corrected chi connectivity index (χ3v) is 8.22. The van der Waals surface area contributed by atoms with Crippen LogP contribution in [0.25, 0.3) is 6.08 Å². The number of hydrogen-bond acceptors (Lipinski definition) is 5. The predicted molar refractivity (Wildman–Crippen MR) is 138 cm³/mol. The lowest BCUT2D eigenvalue weighted by Gasteiger charge is -2.36. The second-order valence-electron chi connectivity index (χ2n) is 9.75. The van der Waals surface area contributed by atoms with Crippen LogP contribution in [0.1, 0.15) is 68.0 Å². The van der Waals surface area contributed by atoms with E-state index >= 15 is 0 Å². The molecule has 184 valence electrons. The van der Waals surface area contributed by atoms with Crippen LogP contribution in [0.2, 0.25) is 0 Å². The van der Waals surface area contributed by atoms with Gasteiger partial charge in [-0.05, 0) is 101 Å². The standard InChI is InChI=1S/C27H37FN4OS/c1-2-16-32(23-12-13-24-25(18-23)34-27(29)31-24)17-15-20-5-10-22(11-6-20)30-26(33)14-7-19-3-8-21(28)9-4-19/h3-4,7-9,14,20,22-23H,2,5-6,10-13,15-18H2,1H3,(H2,29,31)(H,30,33)/b14-7+/t20?,22?,23-/m0/s1. The number of rotatable bonds is 9. The Hall–Kier alpha value is -2.25. The molecule has 1 fully saturated rings. The predicted octanol–water partition coefficient (Wildman–Crippen LogP) is 5.21. The summed E-state index contributed by atoms with van der Waals surface area (Å²) >= 11 is 1.67. The zero-order chi connectivity index (χ0) is 23.9. The number of carbonyl (C=O) groups excluding carboxylic acids is 1. The van der Waals surface area contributed by atoms with Crippen LogP contribution in [0.15, 0.2) is 30.3 Å². The Morgan fingerprint density at radius 1 is 1.21 bits per heavy atom. The Bertz CT molecular complexity index is 966. The Morgan fingerprint density at radius 3 is 2.71 bits per heavy atom. The quantitative estimate of drug-likeness (QED) is 0.479. The molecule has 0 radical (unpaired) electrons. The van der Waals surface area contributed by atoms with Gasteiger partial charge < -0.3 is 16.0 Å². The van der Waals surface area contributed by atoms with Gasteiger partial charge in [0.1, 0.15) is 5.82 Å². The largest absolute Gasteiger partial charge is 0.375 e. The van der Waals surface area contributed by atoms with Crippen LogP contribution >= 0.6 is 11.3 Å². The van der Waals surface area contributed by atoms with Crippen molar-refractivity contribution in [2.24, 2.45) is 5.92 Å². The monoisotopic (exact) mass is 484 g/mol. The van der Waals surface area contributed by atoms with Crippen LogP contribution in [-0.2, 0) is 17.6 Å². The van der Waals surface area contributed by atoms with Gasteiger partial charge in [0.05, 0.1) is 5.69 Å². The van der Waals surface area contributed by atoms with Crippen LogP contribution in [0, 0.1) is 11.7 Å². The normalized spacial score (nSPS) is 22.7. The fourth-order valence-electron chi connectivity index (χ4n) is 5.39. The van der Waals surface area contributed by atoms with Crippen molar-refractivity contribution in [1.29, 1.82) is 0 Å². The van der Waals surface area contributed by atoms with Gasteiger partial charge in [-0.1, -0.05) is 19.1 Å². The zero-order valence-corrected chi connectivity index (χ0v) is 21.0. The Kier molecular flexibility index (Phi) is 8.73. The van der Waals surface area contributed by atoms with E-state index < -0.39 is 0 Å². The molecule has 0 bridgehead atoms. The molecule has 1 atom stereocenters. The number of nitrogens with two attached hydrogens (primary N) is 1. The van der Waals surface area contributed by atoms with E-state index in [1.165, 1.54) is 54.8 Å². The summed E-state index contributed by atoms with van der Waals surface area (Å²) in [4.78, 5) is 20.9. The highest BCUT2D eigenvalue weighted by molar-refractivity contribution is 7.15. The van der Waals surface area contributed by atoms with E-state index in [2.05, 4.69) is 22.1 Å². The molecule has 4 rings (SSSR count). The number of nitrogens with one attached hydrogen (secondary N) is 1. The van der Waals surface area contributed by atoms with Gasteiger partial charge in [-0.25, -0.2) is 9.37 Å². The van der Waals surface area contributed by atoms with Crippen LogP contribution in [0.3, 0.4) is 0 Å². The van der Waals surface area contributed by atoms with Crippen molar-refractivity contribution >= 4 is 28.5 Å². The summed E-state index contributed by atoms with van der Waals surface area (Å²) in [5, 5.41) is 3.85. The molecule has 0 spiro atoms. The number of nitrogens with zero attached hydrogens (tertiary/aromatic N) is 2. The molecule has 1 aromatic heterocycles. The second-order valence-corrected chi connectivity index (χ2v) is 10.9. The van der Waals surface area contributed by atoms with Gasteiger partial charge in [-0.2, -0.15) is 0 Å². The summed E-state index contributed by atoms with van der Waals surface area (Å²) in [7, 11) is 0. The average Bonchev–Trinajstić information content (AvgIpc) is 3.21. The first-order valence-electron chi connectivity index (χ1n) is 12.7.